The van der Waals surface area contributed by atoms with Crippen molar-refractivity contribution in [2.45, 2.75) is 24.8 Å². The van der Waals surface area contributed by atoms with Crippen LogP contribution in [0.1, 0.15) is 29.9 Å². The molecule has 14 heavy (non-hydrogen) atoms. The second-order valence-electron chi connectivity index (χ2n) is 3.62. The first-order chi connectivity index (χ1) is 6.68. The Morgan fingerprint density at radius 1 is 1.57 bits per heavy atom. The highest BCUT2D eigenvalue weighted by Gasteiger charge is 2.44. The number of rotatable bonds is 3. The largest absolute Gasteiger partial charge is 0.308 e. The van der Waals surface area contributed by atoms with Gasteiger partial charge in [-0.1, -0.05) is 0 Å². The van der Waals surface area contributed by atoms with Crippen molar-refractivity contribution in [3.05, 3.63) is 5.82 Å². The number of aromatic nitrogens is 4. The van der Waals surface area contributed by atoms with Gasteiger partial charge in [0.15, 0.2) is 0 Å². The minimum atomic E-state index is -0.428. The van der Waals surface area contributed by atoms with Crippen LogP contribution in [0, 0.1) is 0 Å². The minimum Gasteiger partial charge on any atom is -0.308 e. The molecule has 6 nitrogen and oxygen atoms in total. The van der Waals surface area contributed by atoms with E-state index in [1.165, 1.54) is 4.80 Å². The number of aryl methyl sites for hydroxylation is 1. The molecule has 2 rings (SSSR count). The zero-order valence-electron chi connectivity index (χ0n) is 8.32. The van der Waals surface area contributed by atoms with E-state index >= 15 is 0 Å². The molecule has 0 radical (unpaired) electrons. The van der Waals surface area contributed by atoms with Crippen molar-refractivity contribution in [2.75, 3.05) is 7.05 Å². The number of carbonyl (C=O) groups is 1. The Morgan fingerprint density at radius 2 is 2.29 bits per heavy atom. The number of carbonyl (C=O) groups excluding carboxylic acids is 1. The molecule has 76 valence electrons. The number of nitrogens with zero attached hydrogens (tertiary/aromatic N) is 4. The molecule has 1 aromatic heterocycles. The quantitative estimate of drug-likeness (QED) is 0.660. The molecule has 0 atom stereocenters. The fourth-order valence-electron chi connectivity index (χ4n) is 1.71. The van der Waals surface area contributed by atoms with E-state index in [2.05, 4.69) is 20.7 Å². The third kappa shape index (κ3) is 1.22. The molecule has 1 heterocycles. The summed E-state index contributed by atoms with van der Waals surface area (Å²) in [6, 6.07) is 0. The lowest BCUT2D eigenvalue weighted by molar-refractivity contribution is 0.0733. The van der Waals surface area contributed by atoms with Crippen LogP contribution >= 0.6 is 0 Å². The van der Waals surface area contributed by atoms with Gasteiger partial charge < -0.3 is 5.32 Å². The Labute approximate surface area is 81.7 Å². The van der Waals surface area contributed by atoms with E-state index in [0.717, 1.165) is 19.3 Å². The van der Waals surface area contributed by atoms with Crippen LogP contribution in [0.25, 0.3) is 0 Å². The summed E-state index contributed by atoms with van der Waals surface area (Å²) in [4.78, 5) is 13.3. The fraction of sp³-hybridized carbons (Fsp3) is 0.750. The van der Waals surface area contributed by atoms with Gasteiger partial charge in [-0.15, -0.1) is 10.2 Å². The number of likely N-dealkylation sites (N-methyl/N-ethyl adjacent to an activating group) is 1. The van der Waals surface area contributed by atoms with Crippen molar-refractivity contribution in [1.82, 2.24) is 25.5 Å². The summed E-state index contributed by atoms with van der Waals surface area (Å²) in [5.41, 5.74) is -0.428. The molecule has 1 saturated carbocycles. The van der Waals surface area contributed by atoms with Crippen LogP contribution in [0.4, 0.5) is 0 Å². The smallest absolute Gasteiger partial charge is 0.242 e. The zero-order valence-corrected chi connectivity index (χ0v) is 8.32. The van der Waals surface area contributed by atoms with Crippen molar-refractivity contribution < 1.29 is 4.79 Å². The first-order valence-corrected chi connectivity index (χ1v) is 4.66. The van der Waals surface area contributed by atoms with E-state index in [0.29, 0.717) is 0 Å². The van der Waals surface area contributed by atoms with Crippen LogP contribution in [-0.2, 0) is 7.05 Å². The molecule has 0 bridgehead atoms. The number of tetrazole rings is 1. The maximum Gasteiger partial charge on any atom is 0.242 e. The molecule has 0 aliphatic heterocycles. The standard InChI is InChI=1S/C8H13N5O/c1-9-8(4-3-5-8)6(14)7-10-12-13(2)11-7/h9H,3-5H2,1-2H3. The molecule has 0 unspecified atom stereocenters. The molecule has 0 aromatic carbocycles. The highest BCUT2D eigenvalue weighted by atomic mass is 16.1. The van der Waals surface area contributed by atoms with E-state index in [9.17, 15) is 4.79 Å². The van der Waals surface area contributed by atoms with Crippen LogP contribution in [-0.4, -0.2) is 38.6 Å². The molecule has 1 N–H and O–H groups in total. The number of hydrogen-bond donors (Lipinski definition) is 1. The Bertz CT molecular complexity index is 349. The Morgan fingerprint density at radius 3 is 2.64 bits per heavy atom. The Kier molecular flexibility index (Phi) is 2.07. The van der Waals surface area contributed by atoms with Gasteiger partial charge >= 0.3 is 0 Å². The third-order valence-electron chi connectivity index (χ3n) is 2.83. The Hall–Kier alpha value is -1.30. The van der Waals surface area contributed by atoms with Gasteiger partial charge in [-0.3, -0.25) is 4.79 Å². The van der Waals surface area contributed by atoms with Crippen LogP contribution in [0.15, 0.2) is 0 Å². The lowest BCUT2D eigenvalue weighted by Crippen LogP contribution is -2.55. The summed E-state index contributed by atoms with van der Waals surface area (Å²) in [5, 5.41) is 14.3. The monoisotopic (exact) mass is 195 g/mol. The second kappa shape index (κ2) is 3.13. The fourth-order valence-corrected chi connectivity index (χ4v) is 1.71. The molecule has 1 aliphatic rings. The van der Waals surface area contributed by atoms with Gasteiger partial charge in [0.2, 0.25) is 11.6 Å². The summed E-state index contributed by atoms with van der Waals surface area (Å²) < 4.78 is 0. The predicted octanol–water partition coefficient (Wildman–Crippen LogP) is -0.465. The zero-order chi connectivity index (χ0) is 10.2. The lowest BCUT2D eigenvalue weighted by Gasteiger charge is -2.38. The Balaban J connectivity index is 2.23. The van der Waals surface area contributed by atoms with Gasteiger partial charge in [0.1, 0.15) is 0 Å². The lowest BCUT2D eigenvalue weighted by atomic mass is 9.73. The van der Waals surface area contributed by atoms with Crippen molar-refractivity contribution in [2.24, 2.45) is 7.05 Å². The van der Waals surface area contributed by atoms with Crippen LogP contribution < -0.4 is 5.32 Å². The van der Waals surface area contributed by atoms with Gasteiger partial charge in [0.05, 0.1) is 12.6 Å². The third-order valence-corrected chi connectivity index (χ3v) is 2.83. The summed E-state index contributed by atoms with van der Waals surface area (Å²) in [6.45, 7) is 0. The van der Waals surface area contributed by atoms with Gasteiger partial charge in [-0.05, 0) is 31.5 Å². The van der Waals surface area contributed by atoms with Crippen LogP contribution in [0.5, 0.6) is 0 Å². The average Bonchev–Trinajstić information content (AvgIpc) is 2.50. The molecule has 6 heteroatoms. The van der Waals surface area contributed by atoms with E-state index in [1.807, 2.05) is 0 Å². The van der Waals surface area contributed by atoms with E-state index in [4.69, 9.17) is 0 Å². The van der Waals surface area contributed by atoms with Crippen LogP contribution in [0.2, 0.25) is 0 Å². The summed E-state index contributed by atoms with van der Waals surface area (Å²) >= 11 is 0. The maximum atomic E-state index is 12.0. The van der Waals surface area contributed by atoms with Crippen molar-refractivity contribution in [3.8, 4) is 0 Å². The van der Waals surface area contributed by atoms with Crippen molar-refractivity contribution >= 4 is 5.78 Å². The molecular formula is C8H13N5O. The van der Waals surface area contributed by atoms with E-state index in [1.54, 1.807) is 14.1 Å². The average molecular weight is 195 g/mol. The van der Waals surface area contributed by atoms with Crippen LogP contribution in [0.3, 0.4) is 0 Å². The SMILES string of the molecule is CNC1(C(=O)c2nnn(C)n2)CCC1. The van der Waals surface area contributed by atoms with Gasteiger partial charge in [-0.25, -0.2) is 0 Å². The molecule has 0 spiro atoms. The normalized spacial score (nSPS) is 19.0. The molecule has 1 aromatic rings. The summed E-state index contributed by atoms with van der Waals surface area (Å²) in [5.74, 6) is 0.168. The maximum absolute atomic E-state index is 12.0. The van der Waals surface area contributed by atoms with Crippen molar-refractivity contribution in [1.29, 1.82) is 0 Å². The number of hydrogen-bond acceptors (Lipinski definition) is 5. The first-order valence-electron chi connectivity index (χ1n) is 4.66. The molecule has 0 saturated heterocycles. The highest BCUT2D eigenvalue weighted by Crippen LogP contribution is 2.33. The first kappa shape index (κ1) is 9.26. The summed E-state index contributed by atoms with van der Waals surface area (Å²) in [7, 11) is 3.45. The second-order valence-corrected chi connectivity index (χ2v) is 3.62. The number of ketones is 1. The van der Waals surface area contributed by atoms with Gasteiger partial charge in [0, 0.05) is 0 Å². The number of Topliss-reactive ketones (excluding diaryl/α,β-unsaturated/α-hetero) is 1. The van der Waals surface area contributed by atoms with Gasteiger partial charge in [0.25, 0.3) is 0 Å². The van der Waals surface area contributed by atoms with E-state index in [-0.39, 0.29) is 11.6 Å². The molecule has 1 fully saturated rings. The molecular weight excluding hydrogens is 182 g/mol. The van der Waals surface area contributed by atoms with E-state index < -0.39 is 5.54 Å². The highest BCUT2D eigenvalue weighted by molar-refractivity contribution is 6.00. The van der Waals surface area contributed by atoms with Crippen molar-refractivity contribution in [3.63, 3.8) is 0 Å². The van der Waals surface area contributed by atoms with Gasteiger partial charge in [-0.2, -0.15) is 4.80 Å². The number of nitrogens with one attached hydrogen (secondary N) is 1. The molecule has 1 aliphatic carbocycles. The molecule has 0 amide bonds. The topological polar surface area (TPSA) is 72.7 Å². The summed E-state index contributed by atoms with van der Waals surface area (Å²) in [6.07, 6.45) is 2.80. The predicted molar refractivity (Wildman–Crippen MR) is 48.8 cm³/mol. The minimum absolute atomic E-state index is 0.0423.